The van der Waals surface area contributed by atoms with E-state index in [-0.39, 0.29) is 0 Å². The van der Waals surface area contributed by atoms with Crippen LogP contribution in [0.25, 0.3) is 5.82 Å². The van der Waals surface area contributed by atoms with Crippen LogP contribution in [0.5, 0.6) is 0 Å². The molecule has 2 rings (SSSR count). The van der Waals surface area contributed by atoms with Gasteiger partial charge in [-0.25, -0.2) is 4.68 Å². The van der Waals surface area contributed by atoms with Crippen LogP contribution in [0.3, 0.4) is 0 Å². The molecule has 2 aromatic rings. The van der Waals surface area contributed by atoms with E-state index in [4.69, 9.17) is 5.73 Å². The zero-order valence-corrected chi connectivity index (χ0v) is 12.0. The second-order valence-electron chi connectivity index (χ2n) is 5.14. The smallest absolute Gasteiger partial charge is 0.175 e. The number of aromatic nitrogens is 4. The second-order valence-corrected chi connectivity index (χ2v) is 5.14. The Kier molecular flexibility index (Phi) is 3.95. The van der Waals surface area contributed by atoms with E-state index in [9.17, 15) is 0 Å². The van der Waals surface area contributed by atoms with Crippen molar-refractivity contribution in [2.24, 2.45) is 11.7 Å². The van der Waals surface area contributed by atoms with Crippen molar-refractivity contribution in [2.45, 2.75) is 34.1 Å². The molecular formula is C14H21N5. The van der Waals surface area contributed by atoms with E-state index in [1.807, 2.05) is 30.7 Å². The van der Waals surface area contributed by atoms with Crippen molar-refractivity contribution in [3.63, 3.8) is 0 Å². The van der Waals surface area contributed by atoms with Crippen molar-refractivity contribution >= 4 is 0 Å². The number of nitrogens with zero attached hydrogens (tertiary/aromatic N) is 4. The second kappa shape index (κ2) is 5.48. The number of hydrogen-bond acceptors (Lipinski definition) is 4. The van der Waals surface area contributed by atoms with Gasteiger partial charge < -0.3 is 5.73 Å². The lowest BCUT2D eigenvalue weighted by Gasteiger charge is -2.08. The third-order valence-corrected chi connectivity index (χ3v) is 3.40. The van der Waals surface area contributed by atoms with Crippen LogP contribution in [0, 0.1) is 26.7 Å². The van der Waals surface area contributed by atoms with Crippen LogP contribution >= 0.6 is 0 Å². The molecule has 0 saturated carbocycles. The zero-order chi connectivity index (χ0) is 14.0. The maximum absolute atomic E-state index is 5.71. The van der Waals surface area contributed by atoms with Gasteiger partial charge in [-0.2, -0.15) is 10.2 Å². The van der Waals surface area contributed by atoms with Crippen LogP contribution in [0.2, 0.25) is 0 Å². The quantitative estimate of drug-likeness (QED) is 0.907. The van der Waals surface area contributed by atoms with Crippen molar-refractivity contribution < 1.29 is 0 Å². The maximum atomic E-state index is 5.71. The van der Waals surface area contributed by atoms with E-state index in [1.54, 1.807) is 0 Å². The summed E-state index contributed by atoms with van der Waals surface area (Å²) in [7, 11) is 0. The third kappa shape index (κ3) is 2.81. The predicted octanol–water partition coefficient (Wildman–Crippen LogP) is 1.72. The van der Waals surface area contributed by atoms with Gasteiger partial charge in [0.15, 0.2) is 5.82 Å². The lowest BCUT2D eigenvalue weighted by molar-refractivity contribution is 0.589. The Morgan fingerprint density at radius 1 is 1.21 bits per heavy atom. The summed E-state index contributed by atoms with van der Waals surface area (Å²) in [4.78, 5) is 0. The molecule has 19 heavy (non-hydrogen) atoms. The van der Waals surface area contributed by atoms with Crippen LogP contribution in [-0.4, -0.2) is 26.5 Å². The first kappa shape index (κ1) is 13.7. The van der Waals surface area contributed by atoms with Gasteiger partial charge >= 0.3 is 0 Å². The van der Waals surface area contributed by atoms with Gasteiger partial charge in [0.2, 0.25) is 0 Å². The third-order valence-electron chi connectivity index (χ3n) is 3.40. The molecule has 102 valence electrons. The first-order valence-corrected chi connectivity index (χ1v) is 6.58. The standard InChI is InChI=1S/C14H21N5/c1-9(8-15)7-13-11(3)18-19(12(13)4)14-6-5-10(2)16-17-14/h5-6,9H,7-8,15H2,1-4H3. The minimum atomic E-state index is 0.458. The highest BCUT2D eigenvalue weighted by Gasteiger charge is 2.15. The van der Waals surface area contributed by atoms with Crippen LogP contribution < -0.4 is 5.73 Å². The average Bonchev–Trinajstić information content (AvgIpc) is 2.67. The molecule has 5 heteroatoms. The topological polar surface area (TPSA) is 69.6 Å². The molecule has 0 aliphatic heterocycles. The zero-order valence-electron chi connectivity index (χ0n) is 12.0. The molecule has 2 N–H and O–H groups in total. The molecule has 0 aliphatic carbocycles. The minimum Gasteiger partial charge on any atom is -0.330 e. The maximum Gasteiger partial charge on any atom is 0.175 e. The summed E-state index contributed by atoms with van der Waals surface area (Å²) >= 11 is 0. The van der Waals surface area contributed by atoms with Crippen LogP contribution in [0.15, 0.2) is 12.1 Å². The van der Waals surface area contributed by atoms with Crippen molar-refractivity contribution in [3.05, 3.63) is 34.8 Å². The SMILES string of the molecule is Cc1ccc(-n2nc(C)c(CC(C)CN)c2C)nn1. The van der Waals surface area contributed by atoms with Gasteiger partial charge in [0.05, 0.1) is 11.4 Å². The largest absolute Gasteiger partial charge is 0.330 e. The number of aryl methyl sites for hydroxylation is 2. The summed E-state index contributed by atoms with van der Waals surface area (Å²) < 4.78 is 1.86. The highest BCUT2D eigenvalue weighted by Crippen LogP contribution is 2.19. The van der Waals surface area contributed by atoms with Gasteiger partial charge in [0.1, 0.15) is 0 Å². The van der Waals surface area contributed by atoms with E-state index in [0.717, 1.165) is 29.3 Å². The molecule has 0 spiro atoms. The molecule has 0 amide bonds. The fraction of sp³-hybridized carbons (Fsp3) is 0.500. The van der Waals surface area contributed by atoms with Gasteiger partial charge in [0.25, 0.3) is 0 Å². The van der Waals surface area contributed by atoms with Crippen molar-refractivity contribution in [3.8, 4) is 5.82 Å². The van der Waals surface area contributed by atoms with Crippen molar-refractivity contribution in [2.75, 3.05) is 6.54 Å². The first-order chi connectivity index (χ1) is 9.02. The Morgan fingerprint density at radius 2 is 1.95 bits per heavy atom. The highest BCUT2D eigenvalue weighted by atomic mass is 15.3. The van der Waals surface area contributed by atoms with Gasteiger partial charge in [0, 0.05) is 5.69 Å². The molecule has 0 radical (unpaired) electrons. The van der Waals surface area contributed by atoms with Gasteiger partial charge in [-0.15, -0.1) is 5.10 Å². The Labute approximate surface area is 113 Å². The van der Waals surface area contributed by atoms with Gasteiger partial charge in [-0.3, -0.25) is 0 Å². The van der Waals surface area contributed by atoms with Crippen LogP contribution in [-0.2, 0) is 6.42 Å². The Balaban J connectivity index is 2.38. The Morgan fingerprint density at radius 3 is 2.53 bits per heavy atom. The molecular weight excluding hydrogens is 238 g/mol. The van der Waals surface area contributed by atoms with E-state index in [1.165, 1.54) is 5.56 Å². The molecule has 0 fully saturated rings. The summed E-state index contributed by atoms with van der Waals surface area (Å²) in [6.07, 6.45) is 0.952. The van der Waals surface area contributed by atoms with Gasteiger partial charge in [-0.1, -0.05) is 6.92 Å². The Hall–Kier alpha value is -1.75. The molecule has 0 bridgehead atoms. The van der Waals surface area contributed by atoms with Gasteiger partial charge in [-0.05, 0) is 57.4 Å². The molecule has 5 nitrogen and oxygen atoms in total. The summed E-state index contributed by atoms with van der Waals surface area (Å²) in [6, 6.07) is 3.89. The lowest BCUT2D eigenvalue weighted by Crippen LogP contribution is -2.14. The fourth-order valence-corrected chi connectivity index (χ4v) is 2.13. The van der Waals surface area contributed by atoms with E-state index in [0.29, 0.717) is 12.5 Å². The molecule has 0 saturated heterocycles. The highest BCUT2D eigenvalue weighted by molar-refractivity contribution is 5.32. The normalized spacial score (nSPS) is 12.7. The summed E-state index contributed by atoms with van der Waals surface area (Å²) in [5, 5.41) is 12.8. The first-order valence-electron chi connectivity index (χ1n) is 6.58. The van der Waals surface area contributed by atoms with Crippen LogP contribution in [0.1, 0.15) is 29.6 Å². The van der Waals surface area contributed by atoms with Crippen molar-refractivity contribution in [1.29, 1.82) is 0 Å². The fourth-order valence-electron chi connectivity index (χ4n) is 2.13. The number of rotatable bonds is 4. The van der Waals surface area contributed by atoms with Crippen LogP contribution in [0.4, 0.5) is 0 Å². The monoisotopic (exact) mass is 259 g/mol. The molecule has 0 aliphatic rings. The average molecular weight is 259 g/mol. The van der Waals surface area contributed by atoms with E-state index in [2.05, 4.69) is 29.1 Å². The summed E-state index contributed by atoms with van der Waals surface area (Å²) in [5.41, 5.74) is 10.0. The number of nitrogens with two attached hydrogens (primary N) is 1. The molecule has 0 aromatic carbocycles. The molecule has 1 atom stereocenters. The number of hydrogen-bond donors (Lipinski definition) is 1. The predicted molar refractivity (Wildman–Crippen MR) is 75.3 cm³/mol. The molecule has 2 aromatic heterocycles. The summed E-state index contributed by atoms with van der Waals surface area (Å²) in [5.74, 6) is 1.22. The van der Waals surface area contributed by atoms with E-state index < -0.39 is 0 Å². The Bertz CT molecular complexity index is 556. The molecule has 2 heterocycles. The van der Waals surface area contributed by atoms with Crippen molar-refractivity contribution in [1.82, 2.24) is 20.0 Å². The molecule has 1 unspecified atom stereocenters. The summed E-state index contributed by atoms with van der Waals surface area (Å²) in [6.45, 7) is 8.87. The minimum absolute atomic E-state index is 0.458. The lowest BCUT2D eigenvalue weighted by atomic mass is 10.00. The van der Waals surface area contributed by atoms with E-state index >= 15 is 0 Å².